The maximum Gasteiger partial charge on any atom is 0.302 e. The largest absolute Gasteiger partial charge is 0.462 e. The first-order valence-electron chi connectivity index (χ1n) is 7.41. The van der Waals surface area contributed by atoms with Crippen molar-refractivity contribution in [1.29, 1.82) is 0 Å². The molecule has 0 aliphatic heterocycles. The van der Waals surface area contributed by atoms with Crippen molar-refractivity contribution in [2.24, 2.45) is 11.3 Å². The first kappa shape index (κ1) is 17.9. The van der Waals surface area contributed by atoms with Gasteiger partial charge in [-0.2, -0.15) is 0 Å². The highest BCUT2D eigenvalue weighted by Gasteiger charge is 2.47. The Morgan fingerprint density at radius 1 is 1.57 bits per heavy atom. The van der Waals surface area contributed by atoms with Crippen molar-refractivity contribution in [2.45, 2.75) is 64.8 Å². The molecule has 120 valence electrons. The Kier molecular flexibility index (Phi) is 5.40. The Morgan fingerprint density at radius 2 is 2.14 bits per heavy atom. The maximum absolute atomic E-state index is 11.3. The second-order valence-electron chi connectivity index (χ2n) is 6.90. The molecule has 0 aromatic carbocycles. The lowest BCUT2D eigenvalue weighted by molar-refractivity contribution is -0.160. The van der Waals surface area contributed by atoms with E-state index in [-0.39, 0.29) is 23.4 Å². The summed E-state index contributed by atoms with van der Waals surface area (Å²) in [5, 5.41) is 20.3. The Labute approximate surface area is 127 Å². The van der Waals surface area contributed by atoms with Gasteiger partial charge in [0.15, 0.2) is 0 Å². The van der Waals surface area contributed by atoms with Gasteiger partial charge in [0.1, 0.15) is 6.10 Å². The first-order chi connectivity index (χ1) is 9.51. The number of hydrogen-bond acceptors (Lipinski definition) is 4. The van der Waals surface area contributed by atoms with Crippen LogP contribution < -0.4 is 0 Å². The number of hydrogen-bond donors (Lipinski definition) is 2. The van der Waals surface area contributed by atoms with Gasteiger partial charge in [-0.1, -0.05) is 26.5 Å². The molecule has 0 aromatic heterocycles. The molecule has 1 saturated carbocycles. The van der Waals surface area contributed by atoms with E-state index in [4.69, 9.17) is 4.74 Å². The summed E-state index contributed by atoms with van der Waals surface area (Å²) in [5.41, 5.74) is -0.530. The Bertz CT molecular complexity index is 423. The fourth-order valence-corrected chi connectivity index (χ4v) is 3.09. The summed E-state index contributed by atoms with van der Waals surface area (Å²) in [7, 11) is 0. The molecule has 0 aromatic rings. The van der Waals surface area contributed by atoms with E-state index < -0.39 is 11.7 Å². The fourth-order valence-electron chi connectivity index (χ4n) is 3.09. The summed E-state index contributed by atoms with van der Waals surface area (Å²) in [6.45, 7) is 14.8. The number of ether oxygens (including phenoxy) is 1. The molecule has 0 saturated heterocycles. The molecule has 4 heteroatoms. The van der Waals surface area contributed by atoms with Gasteiger partial charge in [-0.25, -0.2) is 0 Å². The zero-order valence-corrected chi connectivity index (χ0v) is 13.6. The average Bonchev–Trinajstić information content (AvgIpc) is 2.35. The molecule has 0 radical (unpaired) electrons. The molecule has 1 rings (SSSR count). The van der Waals surface area contributed by atoms with Gasteiger partial charge in [-0.15, -0.1) is 6.58 Å². The average molecular weight is 296 g/mol. The number of carbonyl (C=O) groups excluding carboxylic acids is 1. The quantitative estimate of drug-likeness (QED) is 0.604. The predicted molar refractivity (Wildman–Crippen MR) is 82.6 cm³/mol. The lowest BCUT2D eigenvalue weighted by atomic mass is 9.62. The number of esters is 1. The molecular weight excluding hydrogens is 268 g/mol. The Morgan fingerprint density at radius 3 is 2.62 bits per heavy atom. The van der Waals surface area contributed by atoms with Crippen LogP contribution in [0.15, 0.2) is 24.8 Å². The standard InChI is InChI=1S/C17H28O4/c1-7-17(6,20)9-8-13-11(2)14(19)10-15(16(13,4)5)21-12(3)18/h7,13-15,19-20H,1-2,8-10H2,3-6H3/t13-,14+,15+,17-/m1/s1. The molecule has 1 aliphatic rings. The zero-order valence-electron chi connectivity index (χ0n) is 13.6. The third-order valence-corrected chi connectivity index (χ3v) is 4.73. The van der Waals surface area contributed by atoms with Crippen LogP contribution in [0.1, 0.15) is 47.0 Å². The zero-order chi connectivity index (χ0) is 16.4. The predicted octanol–water partition coefficient (Wildman–Crippen LogP) is 2.60. The number of aliphatic hydroxyl groups excluding tert-OH is 1. The van der Waals surface area contributed by atoms with E-state index in [0.29, 0.717) is 19.3 Å². The lowest BCUT2D eigenvalue weighted by Gasteiger charge is -2.47. The molecule has 0 bridgehead atoms. The van der Waals surface area contributed by atoms with E-state index in [1.54, 1.807) is 6.92 Å². The lowest BCUT2D eigenvalue weighted by Crippen LogP contribution is -2.49. The van der Waals surface area contributed by atoms with Crippen LogP contribution in [0, 0.1) is 11.3 Å². The topological polar surface area (TPSA) is 66.8 Å². The van der Waals surface area contributed by atoms with Gasteiger partial charge < -0.3 is 14.9 Å². The molecule has 0 spiro atoms. The van der Waals surface area contributed by atoms with Gasteiger partial charge in [0.05, 0.1) is 11.7 Å². The second kappa shape index (κ2) is 6.32. The Balaban J connectivity index is 2.94. The van der Waals surface area contributed by atoms with Gasteiger partial charge in [0, 0.05) is 18.8 Å². The fraction of sp³-hybridized carbons (Fsp3) is 0.706. The van der Waals surface area contributed by atoms with Crippen LogP contribution in [-0.2, 0) is 9.53 Å². The molecule has 21 heavy (non-hydrogen) atoms. The highest BCUT2D eigenvalue weighted by Crippen LogP contribution is 2.47. The minimum Gasteiger partial charge on any atom is -0.462 e. The summed E-state index contributed by atoms with van der Waals surface area (Å²) in [5.74, 6) is -0.373. The van der Waals surface area contributed by atoms with Crippen LogP contribution in [-0.4, -0.2) is 34.0 Å². The summed E-state index contributed by atoms with van der Waals surface area (Å²) in [6, 6.07) is 0. The minimum absolute atomic E-state index is 0.0305. The smallest absolute Gasteiger partial charge is 0.302 e. The van der Waals surface area contributed by atoms with Gasteiger partial charge in [-0.05, 0) is 31.3 Å². The molecule has 0 unspecified atom stereocenters. The highest BCUT2D eigenvalue weighted by molar-refractivity contribution is 5.66. The number of carbonyl (C=O) groups is 1. The third-order valence-electron chi connectivity index (χ3n) is 4.73. The van der Waals surface area contributed by atoms with Crippen LogP contribution in [0.25, 0.3) is 0 Å². The van der Waals surface area contributed by atoms with Gasteiger partial charge in [0.2, 0.25) is 0 Å². The minimum atomic E-state index is -0.949. The van der Waals surface area contributed by atoms with Crippen LogP contribution in [0.5, 0.6) is 0 Å². The van der Waals surface area contributed by atoms with E-state index in [2.05, 4.69) is 13.2 Å². The van der Waals surface area contributed by atoms with Crippen LogP contribution in [0.4, 0.5) is 0 Å². The second-order valence-corrected chi connectivity index (χ2v) is 6.90. The van der Waals surface area contributed by atoms with E-state index in [1.165, 1.54) is 13.0 Å². The van der Waals surface area contributed by atoms with E-state index in [0.717, 1.165) is 5.57 Å². The summed E-state index contributed by atoms with van der Waals surface area (Å²) >= 11 is 0. The van der Waals surface area contributed by atoms with Crippen molar-refractivity contribution in [1.82, 2.24) is 0 Å². The molecule has 0 heterocycles. The van der Waals surface area contributed by atoms with Gasteiger partial charge in [0.25, 0.3) is 0 Å². The van der Waals surface area contributed by atoms with Crippen LogP contribution in [0.2, 0.25) is 0 Å². The van der Waals surface area contributed by atoms with Crippen molar-refractivity contribution in [3.05, 3.63) is 24.8 Å². The van der Waals surface area contributed by atoms with Gasteiger partial charge >= 0.3 is 5.97 Å². The van der Waals surface area contributed by atoms with Gasteiger partial charge in [-0.3, -0.25) is 4.79 Å². The molecule has 4 nitrogen and oxygen atoms in total. The number of aliphatic hydroxyl groups is 2. The maximum atomic E-state index is 11.3. The Hall–Kier alpha value is -1.13. The molecule has 1 fully saturated rings. The molecule has 2 N–H and O–H groups in total. The molecule has 4 atom stereocenters. The third kappa shape index (κ3) is 4.17. The molecule has 1 aliphatic carbocycles. The van der Waals surface area contributed by atoms with Crippen molar-refractivity contribution >= 4 is 5.97 Å². The van der Waals surface area contributed by atoms with Crippen molar-refractivity contribution in [3.8, 4) is 0 Å². The van der Waals surface area contributed by atoms with Crippen LogP contribution >= 0.6 is 0 Å². The summed E-state index contributed by atoms with van der Waals surface area (Å²) in [6.07, 6.45) is 2.03. The first-order valence-corrected chi connectivity index (χ1v) is 7.41. The van der Waals surface area contributed by atoms with E-state index in [1.807, 2.05) is 13.8 Å². The number of rotatable bonds is 5. The SMILES string of the molecule is C=C[C@@](C)(O)CC[C@@H]1C(=C)[C@@H](O)C[C@H](OC(C)=O)C1(C)C. The van der Waals surface area contributed by atoms with Crippen LogP contribution in [0.3, 0.4) is 0 Å². The normalized spacial score (nSPS) is 31.3. The highest BCUT2D eigenvalue weighted by atomic mass is 16.5. The van der Waals surface area contributed by atoms with Crippen molar-refractivity contribution in [2.75, 3.05) is 0 Å². The summed E-state index contributed by atoms with van der Waals surface area (Å²) < 4.78 is 5.39. The van der Waals surface area contributed by atoms with E-state index in [9.17, 15) is 15.0 Å². The monoisotopic (exact) mass is 296 g/mol. The molecule has 0 amide bonds. The van der Waals surface area contributed by atoms with Crippen molar-refractivity contribution < 1.29 is 19.7 Å². The molecular formula is C17H28O4. The van der Waals surface area contributed by atoms with E-state index >= 15 is 0 Å². The summed E-state index contributed by atoms with van der Waals surface area (Å²) in [4.78, 5) is 11.3. The van der Waals surface area contributed by atoms with Crippen molar-refractivity contribution in [3.63, 3.8) is 0 Å².